The molecule has 17 heavy (non-hydrogen) atoms. The maximum atomic E-state index is 11.7. The van der Waals surface area contributed by atoms with Gasteiger partial charge in [0.25, 0.3) is 0 Å². The van der Waals surface area contributed by atoms with Gasteiger partial charge in [0.05, 0.1) is 0 Å². The van der Waals surface area contributed by atoms with Crippen LogP contribution in [0.4, 0.5) is 4.79 Å². The number of rotatable bonds is 3. The van der Waals surface area contributed by atoms with E-state index in [-0.39, 0.29) is 6.09 Å². The molecular formula is C14H15NO2. The number of hydrogen-bond donors (Lipinski definition) is 0. The number of aryl methyl sites for hydroxylation is 1. The third-order valence-corrected chi connectivity index (χ3v) is 2.58. The Morgan fingerprint density at radius 2 is 1.94 bits per heavy atom. The van der Waals surface area contributed by atoms with E-state index in [1.165, 1.54) is 4.57 Å². The quantitative estimate of drug-likeness (QED) is 0.809. The van der Waals surface area contributed by atoms with Crippen molar-refractivity contribution in [2.75, 3.05) is 0 Å². The second-order valence-electron chi connectivity index (χ2n) is 3.82. The van der Waals surface area contributed by atoms with Gasteiger partial charge in [0, 0.05) is 12.4 Å². The zero-order chi connectivity index (χ0) is 12.1. The molecule has 0 aliphatic heterocycles. The van der Waals surface area contributed by atoms with Gasteiger partial charge in [0.15, 0.2) is 0 Å². The van der Waals surface area contributed by atoms with Gasteiger partial charge in [-0.2, -0.15) is 0 Å². The highest BCUT2D eigenvalue weighted by atomic mass is 16.5. The number of benzene rings is 1. The van der Waals surface area contributed by atoms with E-state index in [1.807, 2.05) is 36.4 Å². The molecule has 3 heteroatoms. The first-order valence-corrected chi connectivity index (χ1v) is 5.67. The minimum Gasteiger partial charge on any atom is -0.444 e. The predicted molar refractivity (Wildman–Crippen MR) is 65.8 cm³/mol. The Kier molecular flexibility index (Phi) is 3.60. The van der Waals surface area contributed by atoms with E-state index in [0.29, 0.717) is 6.61 Å². The molecule has 0 saturated heterocycles. The largest absolute Gasteiger partial charge is 0.444 e. The molecule has 2 aromatic rings. The van der Waals surface area contributed by atoms with Gasteiger partial charge in [-0.25, -0.2) is 4.79 Å². The minimum atomic E-state index is -0.339. The van der Waals surface area contributed by atoms with E-state index in [1.54, 1.807) is 12.4 Å². The number of nitrogens with zero attached hydrogens (tertiary/aromatic N) is 1. The smallest absolute Gasteiger partial charge is 0.418 e. The topological polar surface area (TPSA) is 31.2 Å². The Labute approximate surface area is 101 Å². The molecule has 1 aromatic heterocycles. The average Bonchev–Trinajstić information content (AvgIpc) is 2.86. The van der Waals surface area contributed by atoms with Gasteiger partial charge in [-0.3, -0.25) is 4.57 Å². The Balaban J connectivity index is 1.93. The highest BCUT2D eigenvalue weighted by molar-refractivity contribution is 5.70. The molecule has 0 aliphatic carbocycles. The Morgan fingerprint density at radius 3 is 2.59 bits per heavy atom. The van der Waals surface area contributed by atoms with Gasteiger partial charge in [-0.05, 0) is 23.6 Å². The van der Waals surface area contributed by atoms with Crippen molar-refractivity contribution < 1.29 is 9.53 Å². The number of ether oxygens (including phenoxy) is 1. The molecular weight excluding hydrogens is 214 g/mol. The summed E-state index contributed by atoms with van der Waals surface area (Å²) >= 11 is 0. The third kappa shape index (κ3) is 2.97. The van der Waals surface area contributed by atoms with Gasteiger partial charge in [-0.1, -0.05) is 37.3 Å². The second kappa shape index (κ2) is 5.34. The maximum Gasteiger partial charge on any atom is 0.418 e. The highest BCUT2D eigenvalue weighted by Crippen LogP contribution is 2.05. The van der Waals surface area contributed by atoms with Crippen molar-refractivity contribution in [1.82, 2.24) is 4.57 Å². The number of aromatic nitrogens is 1. The van der Waals surface area contributed by atoms with Crippen LogP contribution in [0.15, 0.2) is 48.8 Å². The van der Waals surface area contributed by atoms with E-state index < -0.39 is 0 Å². The average molecular weight is 229 g/mol. The molecule has 0 fully saturated rings. The van der Waals surface area contributed by atoms with E-state index in [9.17, 15) is 4.79 Å². The molecule has 1 aromatic carbocycles. The number of carbonyl (C=O) groups is 1. The van der Waals surface area contributed by atoms with Crippen molar-refractivity contribution in [3.63, 3.8) is 0 Å². The molecule has 1 heterocycles. The van der Waals surface area contributed by atoms with Crippen LogP contribution in [-0.4, -0.2) is 10.7 Å². The van der Waals surface area contributed by atoms with Crippen molar-refractivity contribution in [1.29, 1.82) is 0 Å². The van der Waals surface area contributed by atoms with Crippen LogP contribution in [0.25, 0.3) is 0 Å². The molecule has 0 amide bonds. The normalized spacial score (nSPS) is 10.2. The summed E-state index contributed by atoms with van der Waals surface area (Å²) in [6, 6.07) is 11.6. The van der Waals surface area contributed by atoms with Crippen LogP contribution in [0.3, 0.4) is 0 Å². The fourth-order valence-electron chi connectivity index (χ4n) is 1.56. The van der Waals surface area contributed by atoms with Gasteiger partial charge in [-0.15, -0.1) is 0 Å². The molecule has 2 rings (SSSR count). The zero-order valence-corrected chi connectivity index (χ0v) is 9.80. The van der Waals surface area contributed by atoms with Crippen LogP contribution >= 0.6 is 0 Å². The summed E-state index contributed by atoms with van der Waals surface area (Å²) in [5.41, 5.74) is 2.12. The lowest BCUT2D eigenvalue weighted by atomic mass is 10.2. The Morgan fingerprint density at radius 1 is 1.18 bits per heavy atom. The summed E-state index contributed by atoms with van der Waals surface area (Å²) in [6.07, 6.45) is 4.10. The van der Waals surface area contributed by atoms with Crippen molar-refractivity contribution in [3.8, 4) is 0 Å². The lowest BCUT2D eigenvalue weighted by Crippen LogP contribution is -2.11. The first-order valence-electron chi connectivity index (χ1n) is 5.67. The SMILES string of the molecule is CCc1ccn(C(=O)OCc2ccccc2)c1. The second-order valence-corrected chi connectivity index (χ2v) is 3.82. The van der Waals surface area contributed by atoms with Crippen LogP contribution in [-0.2, 0) is 17.8 Å². The van der Waals surface area contributed by atoms with Gasteiger partial charge < -0.3 is 4.74 Å². The van der Waals surface area contributed by atoms with E-state index >= 15 is 0 Å². The van der Waals surface area contributed by atoms with E-state index in [0.717, 1.165) is 17.5 Å². The van der Waals surface area contributed by atoms with Gasteiger partial charge in [0.1, 0.15) is 6.61 Å². The molecule has 3 nitrogen and oxygen atoms in total. The first kappa shape index (κ1) is 11.5. The lowest BCUT2D eigenvalue weighted by molar-refractivity contribution is 0.141. The highest BCUT2D eigenvalue weighted by Gasteiger charge is 2.06. The van der Waals surface area contributed by atoms with Crippen molar-refractivity contribution in [2.45, 2.75) is 20.0 Å². The molecule has 0 radical (unpaired) electrons. The maximum absolute atomic E-state index is 11.7. The summed E-state index contributed by atoms with van der Waals surface area (Å²) in [6.45, 7) is 2.36. The van der Waals surface area contributed by atoms with Crippen LogP contribution in [0.2, 0.25) is 0 Å². The molecule has 88 valence electrons. The molecule has 0 atom stereocenters. The lowest BCUT2D eigenvalue weighted by Gasteiger charge is -2.04. The monoisotopic (exact) mass is 229 g/mol. The Hall–Kier alpha value is -2.03. The zero-order valence-electron chi connectivity index (χ0n) is 9.80. The fourth-order valence-corrected chi connectivity index (χ4v) is 1.56. The van der Waals surface area contributed by atoms with E-state index in [4.69, 9.17) is 4.74 Å². The fraction of sp³-hybridized carbons (Fsp3) is 0.214. The summed E-state index contributed by atoms with van der Waals surface area (Å²) in [7, 11) is 0. The first-order chi connectivity index (χ1) is 8.29. The molecule has 0 bridgehead atoms. The molecule has 0 unspecified atom stereocenters. The molecule has 0 spiro atoms. The van der Waals surface area contributed by atoms with E-state index in [2.05, 4.69) is 6.92 Å². The summed E-state index contributed by atoms with van der Waals surface area (Å²) < 4.78 is 6.67. The van der Waals surface area contributed by atoms with Crippen LogP contribution < -0.4 is 0 Å². The van der Waals surface area contributed by atoms with Crippen LogP contribution in [0.5, 0.6) is 0 Å². The van der Waals surface area contributed by atoms with Crippen molar-refractivity contribution in [2.24, 2.45) is 0 Å². The summed E-state index contributed by atoms with van der Waals surface area (Å²) in [5, 5.41) is 0. The molecule has 0 saturated carbocycles. The van der Waals surface area contributed by atoms with Crippen molar-refractivity contribution >= 4 is 6.09 Å². The van der Waals surface area contributed by atoms with Crippen LogP contribution in [0.1, 0.15) is 18.1 Å². The molecule has 0 aliphatic rings. The number of hydrogen-bond acceptors (Lipinski definition) is 2. The van der Waals surface area contributed by atoms with Crippen LogP contribution in [0, 0.1) is 0 Å². The van der Waals surface area contributed by atoms with Gasteiger partial charge in [0.2, 0.25) is 0 Å². The predicted octanol–water partition coefficient (Wildman–Crippen LogP) is 3.24. The standard InChI is InChI=1S/C14H15NO2/c1-2-12-8-9-15(10-12)14(16)17-11-13-6-4-3-5-7-13/h3-10H,2,11H2,1H3. The minimum absolute atomic E-state index is 0.305. The Bertz CT molecular complexity index is 488. The summed E-state index contributed by atoms with van der Waals surface area (Å²) in [4.78, 5) is 11.7. The molecule has 0 N–H and O–H groups in total. The number of carbonyl (C=O) groups excluding carboxylic acids is 1. The summed E-state index contributed by atoms with van der Waals surface area (Å²) in [5.74, 6) is 0. The van der Waals surface area contributed by atoms with Crippen molar-refractivity contribution in [3.05, 3.63) is 59.9 Å². The van der Waals surface area contributed by atoms with Gasteiger partial charge >= 0.3 is 6.09 Å². The third-order valence-electron chi connectivity index (χ3n) is 2.58.